The van der Waals surface area contributed by atoms with Gasteiger partial charge in [-0.05, 0) is 17.7 Å². The van der Waals surface area contributed by atoms with Gasteiger partial charge in [0.15, 0.2) is 0 Å². The highest BCUT2D eigenvalue weighted by atomic mass is 16.2. The van der Waals surface area contributed by atoms with Gasteiger partial charge in [-0.25, -0.2) is 9.90 Å². The predicted molar refractivity (Wildman–Crippen MR) is 68.5 cm³/mol. The third-order valence-corrected chi connectivity index (χ3v) is 2.33. The minimum absolute atomic E-state index is 0.0880. The van der Waals surface area contributed by atoms with E-state index in [1.165, 1.54) is 4.90 Å². The molecule has 0 saturated carbocycles. The van der Waals surface area contributed by atoms with Gasteiger partial charge < -0.3 is 4.90 Å². The van der Waals surface area contributed by atoms with Crippen molar-refractivity contribution >= 4 is 17.8 Å². The molecule has 0 heterocycles. The fourth-order valence-electron chi connectivity index (χ4n) is 1.43. The number of hydrogen-bond acceptors (Lipinski definition) is 1. The van der Waals surface area contributed by atoms with E-state index in [-0.39, 0.29) is 12.6 Å². The summed E-state index contributed by atoms with van der Waals surface area (Å²) in [5.74, 6) is 0. The van der Waals surface area contributed by atoms with Crippen LogP contribution in [0.25, 0.3) is 6.08 Å². The third-order valence-electron chi connectivity index (χ3n) is 2.33. The lowest BCUT2D eigenvalue weighted by molar-refractivity contribution is 0.225. The molecule has 1 radical (unpaired) electrons. The summed E-state index contributed by atoms with van der Waals surface area (Å²) in [4.78, 5) is 14.8. The van der Waals surface area contributed by atoms with Gasteiger partial charge in [-0.1, -0.05) is 24.3 Å². The van der Waals surface area contributed by atoms with E-state index in [0.29, 0.717) is 0 Å². The molecule has 0 unspecified atom stereocenters. The van der Waals surface area contributed by atoms with Gasteiger partial charge in [0.25, 0.3) is 0 Å². The van der Waals surface area contributed by atoms with E-state index in [1.54, 1.807) is 38.2 Å². The minimum atomic E-state index is -0.239. The number of benzene rings is 1. The number of carbonyl (C=O) groups excluding carboxylic acids is 1. The fraction of sp³-hybridized carbons (Fsp3) is 0.308. The molecule has 91 valence electrons. The Balaban J connectivity index is 2.91. The standard InChI is InChI=1S/C13H17N2O2/c1-14(2)13(17)15(3)12-8-4-6-11(10-12)7-5-9-16/h4-8,10H,9H2,1-3H3. The van der Waals surface area contributed by atoms with Crippen molar-refractivity contribution in [2.75, 3.05) is 32.6 Å². The molecule has 2 amide bonds. The fourth-order valence-corrected chi connectivity index (χ4v) is 1.43. The van der Waals surface area contributed by atoms with Crippen LogP contribution in [-0.2, 0) is 5.11 Å². The summed E-state index contributed by atoms with van der Waals surface area (Å²) in [5, 5.41) is 10.4. The highest BCUT2D eigenvalue weighted by Gasteiger charge is 2.12. The van der Waals surface area contributed by atoms with Crippen molar-refractivity contribution in [1.29, 1.82) is 0 Å². The van der Waals surface area contributed by atoms with E-state index >= 15 is 0 Å². The van der Waals surface area contributed by atoms with E-state index in [9.17, 15) is 9.90 Å². The summed E-state index contributed by atoms with van der Waals surface area (Å²) >= 11 is 0. The zero-order valence-corrected chi connectivity index (χ0v) is 10.4. The number of nitrogens with zero attached hydrogens (tertiary/aromatic N) is 2. The van der Waals surface area contributed by atoms with Gasteiger partial charge in [-0.15, -0.1) is 0 Å². The molecule has 0 N–H and O–H groups in total. The number of hydrogen-bond donors (Lipinski definition) is 0. The maximum atomic E-state index is 11.8. The first kappa shape index (κ1) is 13.3. The Morgan fingerprint density at radius 3 is 2.59 bits per heavy atom. The van der Waals surface area contributed by atoms with Crippen LogP contribution in [0.4, 0.5) is 10.5 Å². The monoisotopic (exact) mass is 233 g/mol. The normalized spacial score (nSPS) is 10.6. The molecule has 0 aliphatic heterocycles. The molecule has 0 saturated heterocycles. The third kappa shape index (κ3) is 3.60. The van der Waals surface area contributed by atoms with Gasteiger partial charge in [-0.2, -0.15) is 0 Å². The van der Waals surface area contributed by atoms with Gasteiger partial charge in [0.1, 0.15) is 6.61 Å². The van der Waals surface area contributed by atoms with Crippen molar-refractivity contribution in [2.24, 2.45) is 0 Å². The van der Waals surface area contributed by atoms with E-state index in [4.69, 9.17) is 0 Å². The Morgan fingerprint density at radius 2 is 2.00 bits per heavy atom. The van der Waals surface area contributed by atoms with Crippen molar-refractivity contribution in [3.8, 4) is 0 Å². The summed E-state index contributed by atoms with van der Waals surface area (Å²) in [7, 11) is 5.14. The van der Waals surface area contributed by atoms with Crippen LogP contribution in [0.3, 0.4) is 0 Å². The van der Waals surface area contributed by atoms with Gasteiger partial charge in [0.2, 0.25) is 0 Å². The first-order chi connectivity index (χ1) is 8.06. The first-order valence-electron chi connectivity index (χ1n) is 5.36. The second-order valence-corrected chi connectivity index (χ2v) is 3.90. The van der Waals surface area contributed by atoms with Crippen molar-refractivity contribution in [3.05, 3.63) is 35.9 Å². The van der Waals surface area contributed by atoms with Crippen molar-refractivity contribution in [3.63, 3.8) is 0 Å². The maximum Gasteiger partial charge on any atom is 0.323 e. The van der Waals surface area contributed by atoms with Gasteiger partial charge >= 0.3 is 6.03 Å². The summed E-state index contributed by atoms with van der Waals surface area (Å²) in [5.41, 5.74) is 1.72. The molecule has 0 bridgehead atoms. The predicted octanol–water partition coefficient (Wildman–Crippen LogP) is 2.25. The molecular weight excluding hydrogens is 216 g/mol. The molecule has 17 heavy (non-hydrogen) atoms. The smallest absolute Gasteiger partial charge is 0.323 e. The van der Waals surface area contributed by atoms with Crippen molar-refractivity contribution in [2.45, 2.75) is 0 Å². The number of anilines is 1. The average molecular weight is 233 g/mol. The Hall–Kier alpha value is -1.81. The summed E-state index contributed by atoms with van der Waals surface area (Å²) in [6.45, 7) is -0.239. The Bertz CT molecular complexity index is 414. The van der Waals surface area contributed by atoms with Crippen LogP contribution in [0.2, 0.25) is 0 Å². The lowest BCUT2D eigenvalue weighted by Gasteiger charge is -2.22. The molecular formula is C13H17N2O2. The topological polar surface area (TPSA) is 43.5 Å². The SMILES string of the molecule is CN(C)C(=O)N(C)c1cccc(C=CC[O])c1. The second kappa shape index (κ2) is 6.06. The molecule has 0 aliphatic rings. The Kier molecular flexibility index (Phi) is 4.72. The lowest BCUT2D eigenvalue weighted by Crippen LogP contribution is -2.36. The number of amides is 2. The maximum absolute atomic E-state index is 11.8. The first-order valence-corrected chi connectivity index (χ1v) is 5.36. The van der Waals surface area contributed by atoms with Crippen LogP contribution in [0, 0.1) is 0 Å². The summed E-state index contributed by atoms with van der Waals surface area (Å²) in [6, 6.07) is 7.39. The zero-order chi connectivity index (χ0) is 12.8. The van der Waals surface area contributed by atoms with Crippen LogP contribution >= 0.6 is 0 Å². The highest BCUT2D eigenvalue weighted by Crippen LogP contribution is 2.16. The van der Waals surface area contributed by atoms with E-state index in [2.05, 4.69) is 0 Å². The zero-order valence-electron chi connectivity index (χ0n) is 10.4. The molecule has 0 spiro atoms. The largest absolute Gasteiger partial charge is 0.330 e. The Morgan fingerprint density at radius 1 is 1.29 bits per heavy atom. The molecule has 0 atom stereocenters. The van der Waals surface area contributed by atoms with E-state index in [0.717, 1.165) is 11.3 Å². The molecule has 0 aliphatic carbocycles. The van der Waals surface area contributed by atoms with E-state index in [1.807, 2.05) is 24.3 Å². The second-order valence-electron chi connectivity index (χ2n) is 3.90. The van der Waals surface area contributed by atoms with Crippen molar-refractivity contribution < 1.29 is 9.90 Å². The summed E-state index contributed by atoms with van der Waals surface area (Å²) in [6.07, 6.45) is 3.30. The van der Waals surface area contributed by atoms with Crippen LogP contribution in [0.1, 0.15) is 5.56 Å². The molecule has 1 aromatic rings. The van der Waals surface area contributed by atoms with Gasteiger partial charge in [-0.3, -0.25) is 4.90 Å². The molecule has 1 rings (SSSR count). The van der Waals surface area contributed by atoms with Crippen LogP contribution in [0.15, 0.2) is 30.3 Å². The molecule has 4 nitrogen and oxygen atoms in total. The molecule has 1 aromatic carbocycles. The molecule has 0 fully saturated rings. The van der Waals surface area contributed by atoms with Gasteiger partial charge in [0.05, 0.1) is 0 Å². The Labute approximate surface area is 102 Å². The lowest BCUT2D eigenvalue weighted by atomic mass is 10.2. The van der Waals surface area contributed by atoms with E-state index < -0.39 is 0 Å². The van der Waals surface area contributed by atoms with Crippen LogP contribution < -0.4 is 4.90 Å². The number of rotatable bonds is 3. The highest BCUT2D eigenvalue weighted by molar-refractivity contribution is 5.91. The summed E-state index contributed by atoms with van der Waals surface area (Å²) < 4.78 is 0. The van der Waals surface area contributed by atoms with Crippen molar-refractivity contribution in [1.82, 2.24) is 4.90 Å². The molecule has 4 heteroatoms. The number of urea groups is 1. The number of carbonyl (C=O) groups is 1. The minimum Gasteiger partial charge on any atom is -0.330 e. The average Bonchev–Trinajstić information content (AvgIpc) is 2.34. The van der Waals surface area contributed by atoms with Crippen LogP contribution in [0.5, 0.6) is 0 Å². The van der Waals surface area contributed by atoms with Gasteiger partial charge in [0, 0.05) is 26.8 Å². The quantitative estimate of drug-likeness (QED) is 0.789. The van der Waals surface area contributed by atoms with Crippen LogP contribution in [-0.4, -0.2) is 38.7 Å². The molecule has 0 aromatic heterocycles.